The lowest BCUT2D eigenvalue weighted by atomic mass is 9.94. The number of benzene rings is 3. The Kier molecular flexibility index (Phi) is 5.74. The van der Waals surface area contributed by atoms with Crippen molar-refractivity contribution in [1.29, 1.82) is 5.26 Å². The molecule has 1 N–H and O–H groups in total. The number of nitrogens with zero attached hydrogens (tertiary/aromatic N) is 2. The van der Waals surface area contributed by atoms with Crippen molar-refractivity contribution in [2.24, 2.45) is 0 Å². The van der Waals surface area contributed by atoms with Gasteiger partial charge in [0.1, 0.15) is 17.3 Å². The number of aliphatic hydroxyl groups is 1. The van der Waals surface area contributed by atoms with E-state index in [0.717, 1.165) is 11.3 Å². The molecule has 178 valence electrons. The van der Waals surface area contributed by atoms with E-state index >= 15 is 0 Å². The van der Waals surface area contributed by atoms with Crippen LogP contribution >= 0.6 is 0 Å². The molecule has 1 unspecified atom stereocenters. The predicted octanol–water partition coefficient (Wildman–Crippen LogP) is 4.04. The van der Waals surface area contributed by atoms with Gasteiger partial charge in [-0.3, -0.25) is 19.3 Å². The maximum atomic E-state index is 13.3. The SMILES string of the molecule is CC(=O)Oc1ccc(C2/C(=C(/O)c3ccc4c(c3)CCO4)C(=O)C(=O)N2c2ccc(C#N)cc2)cc1. The summed E-state index contributed by atoms with van der Waals surface area (Å²) in [5, 5.41) is 20.5. The van der Waals surface area contributed by atoms with E-state index in [9.17, 15) is 19.5 Å². The van der Waals surface area contributed by atoms with Crippen LogP contribution in [0, 0.1) is 11.3 Å². The zero-order valence-corrected chi connectivity index (χ0v) is 19.2. The smallest absolute Gasteiger partial charge is 0.308 e. The van der Waals surface area contributed by atoms with Crippen molar-refractivity contribution in [2.45, 2.75) is 19.4 Å². The molecule has 8 nitrogen and oxygen atoms in total. The van der Waals surface area contributed by atoms with Crippen molar-refractivity contribution in [3.8, 4) is 17.6 Å². The Balaban J connectivity index is 1.66. The monoisotopic (exact) mass is 480 g/mol. The van der Waals surface area contributed by atoms with Gasteiger partial charge < -0.3 is 14.6 Å². The average Bonchev–Trinajstić information content (AvgIpc) is 3.46. The second-order valence-corrected chi connectivity index (χ2v) is 8.41. The van der Waals surface area contributed by atoms with Crippen LogP contribution in [0.4, 0.5) is 5.69 Å². The lowest BCUT2D eigenvalue weighted by Gasteiger charge is -2.25. The molecule has 3 aromatic rings. The van der Waals surface area contributed by atoms with Crippen LogP contribution < -0.4 is 14.4 Å². The quantitative estimate of drug-likeness (QED) is 0.197. The van der Waals surface area contributed by atoms with Crippen LogP contribution in [0.25, 0.3) is 5.76 Å². The first-order chi connectivity index (χ1) is 17.4. The molecule has 5 rings (SSSR count). The van der Waals surface area contributed by atoms with Gasteiger partial charge in [-0.05, 0) is 65.7 Å². The van der Waals surface area contributed by atoms with Crippen molar-refractivity contribution in [3.05, 3.63) is 94.6 Å². The fraction of sp³-hybridized carbons (Fsp3) is 0.143. The molecule has 0 spiro atoms. The molecule has 1 atom stereocenters. The summed E-state index contributed by atoms with van der Waals surface area (Å²) in [6.45, 7) is 1.83. The maximum Gasteiger partial charge on any atom is 0.308 e. The van der Waals surface area contributed by atoms with E-state index in [0.29, 0.717) is 41.2 Å². The van der Waals surface area contributed by atoms with Gasteiger partial charge >= 0.3 is 5.97 Å². The van der Waals surface area contributed by atoms with E-state index in [4.69, 9.17) is 14.7 Å². The summed E-state index contributed by atoms with van der Waals surface area (Å²) in [6, 6.07) is 18.9. The summed E-state index contributed by atoms with van der Waals surface area (Å²) in [5.74, 6) is -1.38. The first-order valence-corrected chi connectivity index (χ1v) is 11.2. The molecule has 2 heterocycles. The van der Waals surface area contributed by atoms with E-state index in [1.807, 2.05) is 6.07 Å². The van der Waals surface area contributed by atoms with Gasteiger partial charge in [0.25, 0.3) is 11.7 Å². The van der Waals surface area contributed by atoms with Gasteiger partial charge in [-0.25, -0.2) is 0 Å². The summed E-state index contributed by atoms with van der Waals surface area (Å²) in [7, 11) is 0. The topological polar surface area (TPSA) is 117 Å². The number of nitriles is 1. The van der Waals surface area contributed by atoms with Gasteiger partial charge in [0, 0.05) is 24.6 Å². The van der Waals surface area contributed by atoms with E-state index in [1.165, 1.54) is 11.8 Å². The normalized spacial score (nSPS) is 17.9. The largest absolute Gasteiger partial charge is 0.507 e. The predicted molar refractivity (Wildman–Crippen MR) is 129 cm³/mol. The second kappa shape index (κ2) is 9.04. The van der Waals surface area contributed by atoms with Crippen LogP contribution in [-0.2, 0) is 20.8 Å². The van der Waals surface area contributed by atoms with Crippen molar-refractivity contribution in [1.82, 2.24) is 0 Å². The molecule has 1 fully saturated rings. The molecule has 0 saturated carbocycles. The number of aliphatic hydroxyl groups excluding tert-OH is 1. The highest BCUT2D eigenvalue weighted by Crippen LogP contribution is 2.43. The number of fused-ring (bicyclic) bond motifs is 1. The number of anilines is 1. The zero-order chi connectivity index (χ0) is 25.4. The van der Waals surface area contributed by atoms with E-state index in [-0.39, 0.29) is 11.3 Å². The molecule has 2 aliphatic rings. The molecule has 3 aromatic carbocycles. The van der Waals surface area contributed by atoms with Gasteiger partial charge in [0.05, 0.1) is 29.9 Å². The van der Waals surface area contributed by atoms with Crippen LogP contribution in [0.5, 0.6) is 11.5 Å². The number of ether oxygens (including phenoxy) is 2. The van der Waals surface area contributed by atoms with Crippen molar-refractivity contribution in [3.63, 3.8) is 0 Å². The Morgan fingerprint density at radius 1 is 1.08 bits per heavy atom. The third kappa shape index (κ3) is 3.97. The lowest BCUT2D eigenvalue weighted by Crippen LogP contribution is -2.29. The first kappa shape index (κ1) is 22.9. The van der Waals surface area contributed by atoms with Crippen molar-refractivity contribution >= 4 is 29.1 Å². The maximum absolute atomic E-state index is 13.3. The van der Waals surface area contributed by atoms with Crippen molar-refractivity contribution in [2.75, 3.05) is 11.5 Å². The van der Waals surface area contributed by atoms with Gasteiger partial charge in [0.15, 0.2) is 0 Å². The Morgan fingerprint density at radius 3 is 2.47 bits per heavy atom. The lowest BCUT2D eigenvalue weighted by molar-refractivity contribution is -0.132. The average molecular weight is 480 g/mol. The standard InChI is InChI=1S/C28H20N2O6/c1-16(31)36-22-9-4-18(5-10-22)25-24(26(32)20-6-11-23-19(14-20)12-13-35-23)27(33)28(34)30(25)21-7-2-17(15-29)3-8-21/h2-11,14,25,32H,12-13H2,1H3/b26-24-. The fourth-order valence-corrected chi connectivity index (χ4v) is 4.48. The summed E-state index contributed by atoms with van der Waals surface area (Å²) >= 11 is 0. The molecule has 1 saturated heterocycles. The van der Waals surface area contributed by atoms with E-state index < -0.39 is 23.7 Å². The van der Waals surface area contributed by atoms with E-state index in [2.05, 4.69) is 0 Å². The fourth-order valence-electron chi connectivity index (χ4n) is 4.48. The minimum absolute atomic E-state index is 0.0662. The first-order valence-electron chi connectivity index (χ1n) is 11.2. The molecular formula is C28H20N2O6. The molecule has 36 heavy (non-hydrogen) atoms. The Hall–Kier alpha value is -4.90. The minimum atomic E-state index is -0.950. The molecule has 0 aliphatic carbocycles. The summed E-state index contributed by atoms with van der Waals surface area (Å²) in [5.41, 5.74) is 2.56. The molecule has 0 aromatic heterocycles. The van der Waals surface area contributed by atoms with Gasteiger partial charge in [0.2, 0.25) is 0 Å². The number of hydrogen-bond acceptors (Lipinski definition) is 7. The molecular weight excluding hydrogens is 460 g/mol. The number of Topliss-reactive ketones (excluding diaryl/α,β-unsaturated/α-hetero) is 1. The number of carbonyl (C=O) groups excluding carboxylic acids is 3. The molecule has 0 radical (unpaired) electrons. The summed E-state index contributed by atoms with van der Waals surface area (Å²) < 4.78 is 10.6. The van der Waals surface area contributed by atoms with Gasteiger partial charge in [-0.1, -0.05) is 12.1 Å². The second-order valence-electron chi connectivity index (χ2n) is 8.41. The van der Waals surface area contributed by atoms with Crippen LogP contribution in [0.3, 0.4) is 0 Å². The van der Waals surface area contributed by atoms with Crippen LogP contribution in [-0.4, -0.2) is 29.4 Å². The Bertz CT molecular complexity index is 1470. The third-order valence-corrected chi connectivity index (χ3v) is 6.14. The highest BCUT2D eigenvalue weighted by molar-refractivity contribution is 6.51. The van der Waals surface area contributed by atoms with E-state index in [1.54, 1.807) is 66.7 Å². The molecule has 1 amide bonds. The van der Waals surface area contributed by atoms with Crippen LogP contribution in [0.15, 0.2) is 72.3 Å². The molecule has 2 aliphatic heterocycles. The number of esters is 1. The highest BCUT2D eigenvalue weighted by atomic mass is 16.5. The number of amides is 1. The van der Waals surface area contributed by atoms with Crippen molar-refractivity contribution < 1.29 is 29.0 Å². The number of rotatable bonds is 4. The van der Waals surface area contributed by atoms with Crippen LogP contribution in [0.1, 0.15) is 35.2 Å². The summed E-state index contributed by atoms with van der Waals surface area (Å²) in [6.07, 6.45) is 0.678. The zero-order valence-electron chi connectivity index (χ0n) is 19.2. The molecule has 8 heteroatoms. The minimum Gasteiger partial charge on any atom is -0.507 e. The number of carbonyl (C=O) groups is 3. The number of hydrogen-bond donors (Lipinski definition) is 1. The third-order valence-electron chi connectivity index (χ3n) is 6.14. The Morgan fingerprint density at radius 2 is 1.81 bits per heavy atom. The molecule has 0 bridgehead atoms. The van der Waals surface area contributed by atoms with Gasteiger partial charge in [-0.2, -0.15) is 5.26 Å². The number of ketones is 1. The summed E-state index contributed by atoms with van der Waals surface area (Å²) in [4.78, 5) is 39.2. The highest BCUT2D eigenvalue weighted by Gasteiger charge is 2.47. The van der Waals surface area contributed by atoms with Gasteiger partial charge in [-0.15, -0.1) is 0 Å². The van der Waals surface area contributed by atoms with Crippen LogP contribution in [0.2, 0.25) is 0 Å². The Labute approximate surface area is 206 Å².